The monoisotopic (exact) mass is 302 g/mol. The summed E-state index contributed by atoms with van der Waals surface area (Å²) in [5, 5.41) is 5.59. The number of benzene rings is 1. The highest BCUT2D eigenvalue weighted by Crippen LogP contribution is 2.19. The van der Waals surface area contributed by atoms with Crippen LogP contribution < -0.4 is 10.6 Å². The van der Waals surface area contributed by atoms with E-state index in [1.807, 2.05) is 19.1 Å². The van der Waals surface area contributed by atoms with Crippen LogP contribution in [0, 0.1) is 5.92 Å². The quantitative estimate of drug-likeness (QED) is 0.812. The molecule has 2 N–H and O–H groups in total. The third-order valence-corrected chi connectivity index (χ3v) is 3.85. The first-order valence-electron chi connectivity index (χ1n) is 8.11. The Balaban J connectivity index is 1.87. The molecule has 0 spiro atoms. The van der Waals surface area contributed by atoms with Crippen molar-refractivity contribution in [2.75, 3.05) is 6.54 Å². The van der Waals surface area contributed by atoms with E-state index in [-0.39, 0.29) is 24.3 Å². The zero-order valence-electron chi connectivity index (χ0n) is 13.7. The zero-order chi connectivity index (χ0) is 16.1. The normalized spacial score (nSPS) is 15.5. The standard InChI is InChI=1S/C18H26N2O2/c1-12(2)9-14-5-4-6-15(10-14)13(3)18(22)19-11-17(21)20-16-7-8-16/h4-6,10,12-13,16H,7-9,11H2,1-3H3,(H,19,22)(H,20,21)/t13-/m1/s1. The molecule has 1 saturated carbocycles. The molecule has 2 rings (SSSR count). The van der Waals surface area contributed by atoms with E-state index in [0.29, 0.717) is 12.0 Å². The molecule has 0 radical (unpaired) electrons. The fourth-order valence-corrected chi connectivity index (χ4v) is 2.44. The van der Waals surface area contributed by atoms with Gasteiger partial charge < -0.3 is 10.6 Å². The molecule has 0 aliphatic heterocycles. The lowest BCUT2D eigenvalue weighted by molar-refractivity contribution is -0.126. The Hall–Kier alpha value is -1.84. The summed E-state index contributed by atoms with van der Waals surface area (Å²) in [7, 11) is 0. The summed E-state index contributed by atoms with van der Waals surface area (Å²) in [6, 6.07) is 8.48. The van der Waals surface area contributed by atoms with Crippen molar-refractivity contribution >= 4 is 11.8 Å². The van der Waals surface area contributed by atoms with E-state index in [2.05, 4.69) is 36.6 Å². The first-order valence-corrected chi connectivity index (χ1v) is 8.11. The van der Waals surface area contributed by atoms with Crippen LogP contribution in [0.5, 0.6) is 0 Å². The molecule has 0 unspecified atom stereocenters. The van der Waals surface area contributed by atoms with Crippen LogP contribution >= 0.6 is 0 Å². The Morgan fingerprint density at radius 2 is 1.95 bits per heavy atom. The maximum atomic E-state index is 12.2. The molecular formula is C18H26N2O2. The Morgan fingerprint density at radius 3 is 2.59 bits per heavy atom. The van der Waals surface area contributed by atoms with Crippen molar-refractivity contribution in [2.24, 2.45) is 5.92 Å². The molecule has 1 atom stereocenters. The lowest BCUT2D eigenvalue weighted by Crippen LogP contribution is -2.39. The molecule has 1 aliphatic carbocycles. The van der Waals surface area contributed by atoms with Gasteiger partial charge in [0.05, 0.1) is 12.5 Å². The van der Waals surface area contributed by atoms with Gasteiger partial charge in [0.1, 0.15) is 0 Å². The summed E-state index contributed by atoms with van der Waals surface area (Å²) >= 11 is 0. The Kier molecular flexibility index (Phi) is 5.58. The zero-order valence-corrected chi connectivity index (χ0v) is 13.7. The van der Waals surface area contributed by atoms with Gasteiger partial charge in [-0.2, -0.15) is 0 Å². The molecule has 1 aromatic carbocycles. The minimum absolute atomic E-state index is 0.0609. The SMILES string of the molecule is CC(C)Cc1cccc([C@@H](C)C(=O)NCC(=O)NC2CC2)c1. The Morgan fingerprint density at radius 1 is 1.23 bits per heavy atom. The van der Waals surface area contributed by atoms with Crippen LogP contribution in [0.1, 0.15) is 50.7 Å². The van der Waals surface area contributed by atoms with Gasteiger partial charge in [-0.1, -0.05) is 38.1 Å². The fraction of sp³-hybridized carbons (Fsp3) is 0.556. The average Bonchev–Trinajstić information content (AvgIpc) is 3.27. The van der Waals surface area contributed by atoms with Crippen molar-refractivity contribution in [3.05, 3.63) is 35.4 Å². The molecule has 0 aromatic heterocycles. The molecule has 120 valence electrons. The van der Waals surface area contributed by atoms with Crippen molar-refractivity contribution in [2.45, 2.75) is 52.0 Å². The van der Waals surface area contributed by atoms with Crippen molar-refractivity contribution in [1.82, 2.24) is 10.6 Å². The van der Waals surface area contributed by atoms with Gasteiger partial charge in [0.15, 0.2) is 0 Å². The van der Waals surface area contributed by atoms with Crippen molar-refractivity contribution in [1.29, 1.82) is 0 Å². The summed E-state index contributed by atoms with van der Waals surface area (Å²) in [4.78, 5) is 23.8. The minimum Gasteiger partial charge on any atom is -0.352 e. The van der Waals surface area contributed by atoms with Gasteiger partial charge in [0.2, 0.25) is 11.8 Å². The molecule has 0 heterocycles. The molecule has 1 fully saturated rings. The lowest BCUT2D eigenvalue weighted by atomic mass is 9.95. The predicted molar refractivity (Wildman–Crippen MR) is 87.6 cm³/mol. The molecule has 1 aromatic rings. The number of rotatable bonds is 7. The molecule has 2 amide bonds. The fourth-order valence-electron chi connectivity index (χ4n) is 2.44. The highest BCUT2D eigenvalue weighted by atomic mass is 16.2. The van der Waals surface area contributed by atoms with Gasteiger partial charge in [0.25, 0.3) is 0 Å². The second-order valence-corrected chi connectivity index (χ2v) is 6.62. The number of nitrogens with one attached hydrogen (secondary N) is 2. The third-order valence-electron chi connectivity index (χ3n) is 3.85. The van der Waals surface area contributed by atoms with E-state index in [9.17, 15) is 9.59 Å². The maximum absolute atomic E-state index is 12.2. The van der Waals surface area contributed by atoms with Gasteiger partial charge in [-0.15, -0.1) is 0 Å². The van der Waals surface area contributed by atoms with E-state index in [0.717, 1.165) is 24.8 Å². The van der Waals surface area contributed by atoms with Crippen molar-refractivity contribution < 1.29 is 9.59 Å². The van der Waals surface area contributed by atoms with E-state index in [1.165, 1.54) is 5.56 Å². The topological polar surface area (TPSA) is 58.2 Å². The molecule has 0 saturated heterocycles. The molecule has 4 heteroatoms. The van der Waals surface area contributed by atoms with E-state index in [1.54, 1.807) is 0 Å². The van der Waals surface area contributed by atoms with Gasteiger partial charge >= 0.3 is 0 Å². The summed E-state index contributed by atoms with van der Waals surface area (Å²) in [6.07, 6.45) is 3.11. The second-order valence-electron chi connectivity index (χ2n) is 6.62. The lowest BCUT2D eigenvalue weighted by Gasteiger charge is -2.14. The Bertz CT molecular complexity index is 536. The number of amides is 2. The van der Waals surface area contributed by atoms with E-state index < -0.39 is 0 Å². The van der Waals surface area contributed by atoms with Crippen LogP contribution in [0.4, 0.5) is 0 Å². The Labute approximate surface area is 132 Å². The largest absolute Gasteiger partial charge is 0.352 e. The first-order chi connectivity index (χ1) is 10.5. The summed E-state index contributed by atoms with van der Waals surface area (Å²) in [5.41, 5.74) is 2.25. The predicted octanol–water partition coefficient (Wildman–Crippen LogP) is 2.38. The van der Waals surface area contributed by atoms with Crippen LogP contribution in [0.25, 0.3) is 0 Å². The van der Waals surface area contributed by atoms with Gasteiger partial charge in [-0.25, -0.2) is 0 Å². The summed E-state index contributed by atoms with van der Waals surface area (Å²) in [6.45, 7) is 6.30. The second kappa shape index (κ2) is 7.43. The van der Waals surface area contributed by atoms with Gasteiger partial charge in [-0.3, -0.25) is 9.59 Å². The number of hydrogen-bond donors (Lipinski definition) is 2. The highest BCUT2D eigenvalue weighted by molar-refractivity contribution is 5.88. The number of carbonyl (C=O) groups excluding carboxylic acids is 2. The molecule has 1 aliphatic rings. The van der Waals surface area contributed by atoms with Gasteiger partial charge in [0, 0.05) is 6.04 Å². The van der Waals surface area contributed by atoms with Crippen LogP contribution in [-0.4, -0.2) is 24.4 Å². The van der Waals surface area contributed by atoms with Crippen LogP contribution in [0.2, 0.25) is 0 Å². The van der Waals surface area contributed by atoms with Crippen molar-refractivity contribution in [3.63, 3.8) is 0 Å². The summed E-state index contributed by atoms with van der Waals surface area (Å²) in [5.74, 6) is 0.135. The van der Waals surface area contributed by atoms with Crippen LogP contribution in [0.15, 0.2) is 24.3 Å². The minimum atomic E-state index is -0.249. The number of carbonyl (C=O) groups is 2. The van der Waals surface area contributed by atoms with E-state index in [4.69, 9.17) is 0 Å². The maximum Gasteiger partial charge on any atom is 0.239 e. The third kappa shape index (κ3) is 5.17. The van der Waals surface area contributed by atoms with Crippen LogP contribution in [-0.2, 0) is 16.0 Å². The molecular weight excluding hydrogens is 276 g/mol. The van der Waals surface area contributed by atoms with Crippen molar-refractivity contribution in [3.8, 4) is 0 Å². The molecule has 4 nitrogen and oxygen atoms in total. The number of hydrogen-bond acceptors (Lipinski definition) is 2. The highest BCUT2D eigenvalue weighted by Gasteiger charge is 2.23. The average molecular weight is 302 g/mol. The first kappa shape index (κ1) is 16.5. The smallest absolute Gasteiger partial charge is 0.239 e. The van der Waals surface area contributed by atoms with E-state index >= 15 is 0 Å². The van der Waals surface area contributed by atoms with Gasteiger partial charge in [-0.05, 0) is 43.2 Å². The summed E-state index contributed by atoms with van der Waals surface area (Å²) < 4.78 is 0. The molecule has 22 heavy (non-hydrogen) atoms. The van der Waals surface area contributed by atoms with Crippen LogP contribution in [0.3, 0.4) is 0 Å². The molecule has 0 bridgehead atoms.